The van der Waals surface area contributed by atoms with Gasteiger partial charge in [0.05, 0.1) is 12.2 Å². The number of nitrogens with two attached hydrogens (primary N) is 1. The maximum Gasteiger partial charge on any atom is 0.271 e. The second-order valence-electron chi connectivity index (χ2n) is 5.80. The summed E-state index contributed by atoms with van der Waals surface area (Å²) in [7, 11) is 0. The van der Waals surface area contributed by atoms with Crippen LogP contribution in [-0.4, -0.2) is 51.9 Å². The van der Waals surface area contributed by atoms with Crippen molar-refractivity contribution in [2.45, 2.75) is 38.8 Å². The summed E-state index contributed by atoms with van der Waals surface area (Å²) in [5, 5.41) is 2.96. The van der Waals surface area contributed by atoms with Gasteiger partial charge in [-0.2, -0.15) is 0 Å². The third kappa shape index (κ3) is 4.00. The van der Waals surface area contributed by atoms with E-state index < -0.39 is 6.04 Å². The summed E-state index contributed by atoms with van der Waals surface area (Å²) in [4.78, 5) is 33.6. The van der Waals surface area contributed by atoms with Gasteiger partial charge in [0, 0.05) is 31.5 Å². The molecule has 2 amide bonds. The molecule has 0 spiro atoms. The second-order valence-corrected chi connectivity index (χ2v) is 5.80. The van der Waals surface area contributed by atoms with Crippen molar-refractivity contribution in [3.63, 3.8) is 0 Å². The van der Waals surface area contributed by atoms with Crippen LogP contribution in [0.1, 0.15) is 37.2 Å². The van der Waals surface area contributed by atoms with Crippen LogP contribution < -0.4 is 11.1 Å². The second kappa shape index (κ2) is 7.31. The molecule has 2 unspecified atom stereocenters. The molecular weight excluding hydrogens is 282 g/mol. The van der Waals surface area contributed by atoms with Crippen LogP contribution in [0.5, 0.6) is 0 Å². The molecule has 0 saturated carbocycles. The molecule has 2 rings (SSSR count). The Bertz CT molecular complexity index is 512. The lowest BCUT2D eigenvalue weighted by Crippen LogP contribution is -2.49. The molecule has 7 heteroatoms. The number of hydrogen-bond donors (Lipinski definition) is 2. The molecule has 2 heterocycles. The molecule has 7 nitrogen and oxygen atoms in total. The quantitative estimate of drug-likeness (QED) is 0.826. The first-order chi connectivity index (χ1) is 10.5. The zero-order valence-electron chi connectivity index (χ0n) is 13.0. The predicted octanol–water partition coefficient (Wildman–Crippen LogP) is 0.181. The van der Waals surface area contributed by atoms with E-state index in [0.29, 0.717) is 24.7 Å². The summed E-state index contributed by atoms with van der Waals surface area (Å²) < 4.78 is 0. The SMILES string of the molecule is CC(N)C(=O)N1CCC(C(C)NC(=O)c2cnccn2)CC1. The lowest BCUT2D eigenvalue weighted by atomic mass is 9.90. The van der Waals surface area contributed by atoms with Gasteiger partial charge < -0.3 is 16.0 Å². The fourth-order valence-electron chi connectivity index (χ4n) is 2.72. The van der Waals surface area contributed by atoms with Gasteiger partial charge in [-0.05, 0) is 32.6 Å². The Morgan fingerprint density at radius 3 is 2.55 bits per heavy atom. The number of amides is 2. The molecule has 0 bridgehead atoms. The van der Waals surface area contributed by atoms with Gasteiger partial charge in [-0.15, -0.1) is 0 Å². The van der Waals surface area contributed by atoms with Crippen LogP contribution >= 0.6 is 0 Å². The van der Waals surface area contributed by atoms with Gasteiger partial charge in [-0.3, -0.25) is 14.6 Å². The van der Waals surface area contributed by atoms with Crippen LogP contribution in [0.4, 0.5) is 0 Å². The standard InChI is InChI=1S/C15H23N5O2/c1-10(16)15(22)20-7-3-12(4-8-20)11(2)19-14(21)13-9-17-5-6-18-13/h5-6,9-12H,3-4,7-8,16H2,1-2H3,(H,19,21). The minimum atomic E-state index is -0.453. The van der Waals surface area contributed by atoms with E-state index in [1.165, 1.54) is 18.6 Å². The smallest absolute Gasteiger partial charge is 0.271 e. The minimum absolute atomic E-state index is 0.00491. The number of rotatable bonds is 4. The van der Waals surface area contributed by atoms with Crippen LogP contribution in [-0.2, 0) is 4.79 Å². The first-order valence-electron chi connectivity index (χ1n) is 7.60. The number of hydrogen-bond acceptors (Lipinski definition) is 5. The van der Waals surface area contributed by atoms with Gasteiger partial charge >= 0.3 is 0 Å². The molecule has 0 aliphatic carbocycles. The van der Waals surface area contributed by atoms with Gasteiger partial charge in [0.1, 0.15) is 5.69 Å². The molecule has 120 valence electrons. The van der Waals surface area contributed by atoms with Crippen LogP contribution in [0, 0.1) is 5.92 Å². The van der Waals surface area contributed by atoms with E-state index in [0.717, 1.165) is 12.8 Å². The number of likely N-dealkylation sites (tertiary alicyclic amines) is 1. The highest BCUT2D eigenvalue weighted by Gasteiger charge is 2.28. The highest BCUT2D eigenvalue weighted by molar-refractivity contribution is 5.92. The molecule has 22 heavy (non-hydrogen) atoms. The average Bonchev–Trinajstić information content (AvgIpc) is 2.55. The van der Waals surface area contributed by atoms with Crippen molar-refractivity contribution >= 4 is 11.8 Å². The summed E-state index contributed by atoms with van der Waals surface area (Å²) in [6.45, 7) is 5.08. The highest BCUT2D eigenvalue weighted by atomic mass is 16.2. The van der Waals surface area contributed by atoms with Gasteiger partial charge in [-0.1, -0.05) is 0 Å². The van der Waals surface area contributed by atoms with E-state index in [2.05, 4.69) is 15.3 Å². The molecule has 1 aliphatic heterocycles. The Kier molecular flexibility index (Phi) is 5.43. The van der Waals surface area contributed by atoms with Gasteiger partial charge in [0.25, 0.3) is 5.91 Å². The topological polar surface area (TPSA) is 101 Å². The molecule has 2 atom stereocenters. The van der Waals surface area contributed by atoms with Gasteiger partial charge in [-0.25, -0.2) is 4.98 Å². The summed E-state index contributed by atoms with van der Waals surface area (Å²) in [5.74, 6) is 0.127. The number of carbonyl (C=O) groups is 2. The summed E-state index contributed by atoms with van der Waals surface area (Å²) in [6, 6.07) is -0.424. The Morgan fingerprint density at radius 1 is 1.32 bits per heavy atom. The third-order valence-corrected chi connectivity index (χ3v) is 4.10. The molecule has 1 aromatic heterocycles. The maximum atomic E-state index is 12.1. The van der Waals surface area contributed by atoms with Gasteiger partial charge in [0.2, 0.25) is 5.91 Å². The normalized spacial score (nSPS) is 18.6. The summed E-state index contributed by atoms with van der Waals surface area (Å²) >= 11 is 0. The fraction of sp³-hybridized carbons (Fsp3) is 0.600. The van der Waals surface area contributed by atoms with E-state index in [1.807, 2.05) is 6.92 Å². The van der Waals surface area contributed by atoms with Crippen molar-refractivity contribution in [2.75, 3.05) is 13.1 Å². The molecule has 1 aromatic rings. The van der Waals surface area contributed by atoms with Crippen molar-refractivity contribution in [3.8, 4) is 0 Å². The zero-order chi connectivity index (χ0) is 16.1. The molecule has 1 aliphatic rings. The lowest BCUT2D eigenvalue weighted by Gasteiger charge is -2.35. The van der Waals surface area contributed by atoms with E-state index in [-0.39, 0.29) is 17.9 Å². The van der Waals surface area contributed by atoms with Crippen molar-refractivity contribution in [1.82, 2.24) is 20.2 Å². The summed E-state index contributed by atoms with van der Waals surface area (Å²) in [6.07, 6.45) is 6.20. The number of carbonyl (C=O) groups excluding carboxylic acids is 2. The van der Waals surface area contributed by atoms with Crippen LogP contribution in [0.15, 0.2) is 18.6 Å². The lowest BCUT2D eigenvalue weighted by molar-refractivity contribution is -0.133. The molecule has 1 saturated heterocycles. The Hall–Kier alpha value is -2.02. The molecule has 3 N–H and O–H groups in total. The third-order valence-electron chi connectivity index (χ3n) is 4.10. The number of aromatic nitrogens is 2. The number of piperidine rings is 1. The van der Waals surface area contributed by atoms with E-state index in [4.69, 9.17) is 5.73 Å². The zero-order valence-corrected chi connectivity index (χ0v) is 13.0. The Labute approximate surface area is 130 Å². The minimum Gasteiger partial charge on any atom is -0.348 e. The summed E-state index contributed by atoms with van der Waals surface area (Å²) in [5.41, 5.74) is 5.95. The van der Waals surface area contributed by atoms with Crippen molar-refractivity contribution in [3.05, 3.63) is 24.3 Å². The van der Waals surface area contributed by atoms with Crippen LogP contribution in [0.25, 0.3) is 0 Å². The Balaban J connectivity index is 1.84. The van der Waals surface area contributed by atoms with Crippen LogP contribution in [0.2, 0.25) is 0 Å². The maximum absolute atomic E-state index is 12.1. The van der Waals surface area contributed by atoms with E-state index >= 15 is 0 Å². The first kappa shape index (κ1) is 16.4. The van der Waals surface area contributed by atoms with Crippen molar-refractivity contribution in [1.29, 1.82) is 0 Å². The fourth-order valence-corrected chi connectivity index (χ4v) is 2.72. The first-order valence-corrected chi connectivity index (χ1v) is 7.60. The highest BCUT2D eigenvalue weighted by Crippen LogP contribution is 2.21. The number of nitrogens with zero attached hydrogens (tertiary/aromatic N) is 3. The van der Waals surface area contributed by atoms with Gasteiger partial charge in [0.15, 0.2) is 0 Å². The molecular formula is C15H23N5O2. The van der Waals surface area contributed by atoms with Crippen molar-refractivity contribution < 1.29 is 9.59 Å². The van der Waals surface area contributed by atoms with Crippen LogP contribution in [0.3, 0.4) is 0 Å². The molecule has 0 aromatic carbocycles. The average molecular weight is 305 g/mol. The van der Waals surface area contributed by atoms with Crippen molar-refractivity contribution in [2.24, 2.45) is 11.7 Å². The molecule has 0 radical (unpaired) electrons. The van der Waals surface area contributed by atoms with E-state index in [9.17, 15) is 9.59 Å². The molecule has 1 fully saturated rings. The largest absolute Gasteiger partial charge is 0.348 e. The monoisotopic (exact) mass is 305 g/mol. The van der Waals surface area contributed by atoms with E-state index in [1.54, 1.807) is 11.8 Å². The Morgan fingerprint density at radius 2 is 2.00 bits per heavy atom. The predicted molar refractivity (Wildman–Crippen MR) is 81.9 cm³/mol. The number of nitrogens with one attached hydrogen (secondary N) is 1.